The highest BCUT2D eigenvalue weighted by Crippen LogP contribution is 2.25. The number of methoxy groups -OCH3 is 1. The number of hydrogen-bond acceptors (Lipinski definition) is 3. The van der Waals surface area contributed by atoms with Crippen molar-refractivity contribution in [3.05, 3.63) is 11.9 Å². The highest BCUT2D eigenvalue weighted by atomic mass is 16.5. The van der Waals surface area contributed by atoms with Crippen LogP contribution in [0.25, 0.3) is 0 Å². The van der Waals surface area contributed by atoms with Crippen molar-refractivity contribution in [2.24, 2.45) is 5.41 Å². The summed E-state index contributed by atoms with van der Waals surface area (Å²) in [7, 11) is 1.74. The molecule has 1 unspecified atom stereocenters. The standard InChI is InChI=1S/C17H33N3O/c1-7-8-9-10-17(4,5)13-18-16-19-14(2)11-20(16)15(3)12-21-6/h11,15H,7-10,12-13H2,1-6H3,(H,18,19). The minimum Gasteiger partial charge on any atom is -0.383 e. The van der Waals surface area contributed by atoms with E-state index < -0.39 is 0 Å². The van der Waals surface area contributed by atoms with Gasteiger partial charge >= 0.3 is 0 Å². The summed E-state index contributed by atoms with van der Waals surface area (Å²) in [6.45, 7) is 12.7. The molecule has 0 bridgehead atoms. The number of aromatic nitrogens is 2. The zero-order valence-corrected chi connectivity index (χ0v) is 14.7. The summed E-state index contributed by atoms with van der Waals surface area (Å²) in [5.74, 6) is 0.959. The molecule has 1 heterocycles. The molecule has 21 heavy (non-hydrogen) atoms. The second kappa shape index (κ2) is 8.42. The quantitative estimate of drug-likeness (QED) is 0.650. The minimum absolute atomic E-state index is 0.293. The molecule has 0 aliphatic carbocycles. The average Bonchev–Trinajstić information content (AvgIpc) is 2.78. The van der Waals surface area contributed by atoms with Gasteiger partial charge in [-0.1, -0.05) is 40.0 Å². The normalized spacial score (nSPS) is 13.4. The fourth-order valence-electron chi connectivity index (χ4n) is 2.56. The Kier molecular flexibility index (Phi) is 7.23. The maximum atomic E-state index is 5.26. The lowest BCUT2D eigenvalue weighted by atomic mass is 9.87. The number of anilines is 1. The molecule has 1 aromatic rings. The number of unbranched alkanes of at least 4 members (excludes halogenated alkanes) is 2. The van der Waals surface area contributed by atoms with Crippen molar-refractivity contribution in [1.29, 1.82) is 0 Å². The SMILES string of the molecule is CCCCCC(C)(C)CNc1nc(C)cn1C(C)COC. The first-order valence-electron chi connectivity index (χ1n) is 8.18. The summed E-state index contributed by atoms with van der Waals surface area (Å²) in [5.41, 5.74) is 1.34. The van der Waals surface area contributed by atoms with Crippen molar-refractivity contribution in [1.82, 2.24) is 9.55 Å². The molecule has 1 N–H and O–H groups in total. The van der Waals surface area contributed by atoms with Crippen LogP contribution in [0.15, 0.2) is 6.20 Å². The Hall–Kier alpha value is -1.03. The van der Waals surface area contributed by atoms with Gasteiger partial charge in [0.1, 0.15) is 0 Å². The highest BCUT2D eigenvalue weighted by Gasteiger charge is 2.19. The van der Waals surface area contributed by atoms with Gasteiger partial charge in [-0.15, -0.1) is 0 Å². The Bertz CT molecular complexity index is 412. The lowest BCUT2D eigenvalue weighted by Gasteiger charge is -2.26. The van der Waals surface area contributed by atoms with Gasteiger partial charge in [-0.3, -0.25) is 0 Å². The first-order chi connectivity index (χ1) is 9.89. The van der Waals surface area contributed by atoms with Crippen LogP contribution in [-0.2, 0) is 4.74 Å². The van der Waals surface area contributed by atoms with E-state index in [1.165, 1.54) is 25.7 Å². The first kappa shape index (κ1) is 18.0. The van der Waals surface area contributed by atoms with Crippen LogP contribution in [0.2, 0.25) is 0 Å². The Balaban J connectivity index is 2.62. The van der Waals surface area contributed by atoms with Crippen LogP contribution in [0.1, 0.15) is 65.1 Å². The van der Waals surface area contributed by atoms with Crippen molar-refractivity contribution in [2.45, 2.75) is 66.3 Å². The predicted molar refractivity (Wildman–Crippen MR) is 90.0 cm³/mol. The highest BCUT2D eigenvalue weighted by molar-refractivity contribution is 5.30. The van der Waals surface area contributed by atoms with Crippen LogP contribution < -0.4 is 5.32 Å². The molecule has 0 fully saturated rings. The molecule has 0 amide bonds. The van der Waals surface area contributed by atoms with Crippen LogP contribution in [-0.4, -0.2) is 29.8 Å². The molecule has 4 nitrogen and oxygen atoms in total. The van der Waals surface area contributed by atoms with Gasteiger partial charge in [-0.25, -0.2) is 4.98 Å². The number of nitrogens with one attached hydrogen (secondary N) is 1. The molecule has 0 saturated carbocycles. The minimum atomic E-state index is 0.293. The molecule has 1 aromatic heterocycles. The second-order valence-electron chi connectivity index (χ2n) is 6.89. The van der Waals surface area contributed by atoms with Crippen molar-refractivity contribution < 1.29 is 4.74 Å². The fourth-order valence-corrected chi connectivity index (χ4v) is 2.56. The molecule has 0 saturated heterocycles. The molecule has 1 rings (SSSR count). The number of imidazole rings is 1. The van der Waals surface area contributed by atoms with Gasteiger partial charge in [0.25, 0.3) is 0 Å². The summed E-state index contributed by atoms with van der Waals surface area (Å²) in [6.07, 6.45) is 7.25. The Morgan fingerprint density at radius 3 is 2.71 bits per heavy atom. The van der Waals surface area contributed by atoms with Gasteiger partial charge in [-0.2, -0.15) is 0 Å². The largest absolute Gasteiger partial charge is 0.383 e. The van der Waals surface area contributed by atoms with E-state index in [4.69, 9.17) is 4.74 Å². The zero-order chi connectivity index (χ0) is 15.9. The second-order valence-corrected chi connectivity index (χ2v) is 6.89. The van der Waals surface area contributed by atoms with Crippen molar-refractivity contribution >= 4 is 5.95 Å². The van der Waals surface area contributed by atoms with E-state index in [0.29, 0.717) is 18.1 Å². The van der Waals surface area contributed by atoms with Gasteiger partial charge in [0.2, 0.25) is 5.95 Å². The van der Waals surface area contributed by atoms with E-state index >= 15 is 0 Å². The van der Waals surface area contributed by atoms with E-state index in [0.717, 1.165) is 18.2 Å². The summed E-state index contributed by atoms with van der Waals surface area (Å²) in [5, 5.41) is 3.54. The number of hydrogen-bond donors (Lipinski definition) is 1. The maximum absolute atomic E-state index is 5.26. The third-order valence-electron chi connectivity index (χ3n) is 3.92. The van der Waals surface area contributed by atoms with Crippen LogP contribution in [0.4, 0.5) is 5.95 Å². The molecule has 0 spiro atoms. The Morgan fingerprint density at radius 2 is 2.10 bits per heavy atom. The molecule has 0 aromatic carbocycles. The third-order valence-corrected chi connectivity index (χ3v) is 3.92. The van der Waals surface area contributed by atoms with Gasteiger partial charge in [-0.05, 0) is 25.7 Å². The summed E-state index contributed by atoms with van der Waals surface area (Å²) < 4.78 is 7.44. The first-order valence-corrected chi connectivity index (χ1v) is 8.18. The van der Waals surface area contributed by atoms with Crippen molar-refractivity contribution in [3.63, 3.8) is 0 Å². The van der Waals surface area contributed by atoms with Crippen LogP contribution in [0.5, 0.6) is 0 Å². The smallest absolute Gasteiger partial charge is 0.203 e. The Morgan fingerprint density at radius 1 is 1.38 bits per heavy atom. The van der Waals surface area contributed by atoms with Gasteiger partial charge in [0.15, 0.2) is 0 Å². The summed E-state index contributed by atoms with van der Waals surface area (Å²) >= 11 is 0. The van der Waals surface area contributed by atoms with E-state index in [2.05, 4.69) is 48.8 Å². The van der Waals surface area contributed by atoms with E-state index in [1.807, 2.05) is 6.92 Å². The van der Waals surface area contributed by atoms with Gasteiger partial charge in [0.05, 0.1) is 18.3 Å². The van der Waals surface area contributed by atoms with E-state index in [9.17, 15) is 0 Å². The average molecular weight is 295 g/mol. The maximum Gasteiger partial charge on any atom is 0.203 e. The van der Waals surface area contributed by atoms with Crippen molar-refractivity contribution in [2.75, 3.05) is 25.6 Å². The summed E-state index contributed by atoms with van der Waals surface area (Å²) in [6, 6.07) is 0.293. The summed E-state index contributed by atoms with van der Waals surface area (Å²) in [4.78, 5) is 4.61. The molecule has 0 aliphatic rings. The topological polar surface area (TPSA) is 39.1 Å². The lowest BCUT2D eigenvalue weighted by molar-refractivity contribution is 0.163. The van der Waals surface area contributed by atoms with Crippen molar-refractivity contribution in [3.8, 4) is 0 Å². The number of rotatable bonds is 10. The lowest BCUT2D eigenvalue weighted by Crippen LogP contribution is -2.25. The van der Waals surface area contributed by atoms with E-state index in [1.54, 1.807) is 7.11 Å². The zero-order valence-electron chi connectivity index (χ0n) is 14.7. The van der Waals surface area contributed by atoms with Crippen LogP contribution >= 0.6 is 0 Å². The molecule has 1 atom stereocenters. The number of aryl methyl sites for hydroxylation is 1. The predicted octanol–water partition coefficient (Wildman–Crippen LogP) is 4.42. The van der Waals surface area contributed by atoms with Gasteiger partial charge in [0, 0.05) is 19.9 Å². The molecule has 0 aliphatic heterocycles. The Labute approximate surface area is 130 Å². The monoisotopic (exact) mass is 295 g/mol. The fraction of sp³-hybridized carbons (Fsp3) is 0.824. The molecular weight excluding hydrogens is 262 g/mol. The van der Waals surface area contributed by atoms with Crippen LogP contribution in [0.3, 0.4) is 0 Å². The number of nitrogens with zero attached hydrogens (tertiary/aromatic N) is 2. The number of ether oxygens (including phenoxy) is 1. The van der Waals surface area contributed by atoms with Crippen LogP contribution in [0, 0.1) is 12.3 Å². The molecule has 122 valence electrons. The van der Waals surface area contributed by atoms with Gasteiger partial charge < -0.3 is 14.6 Å². The molecule has 4 heteroatoms. The van der Waals surface area contributed by atoms with E-state index in [-0.39, 0.29) is 0 Å². The third kappa shape index (κ3) is 6.08. The molecule has 0 radical (unpaired) electrons. The molecular formula is C17H33N3O.